The molecule has 2 aromatic rings. The summed E-state index contributed by atoms with van der Waals surface area (Å²) in [5.74, 6) is -0.497. The molecule has 0 spiro atoms. The number of imidazole rings is 1. The van der Waals surface area contributed by atoms with E-state index in [2.05, 4.69) is 4.98 Å². The molecule has 0 saturated heterocycles. The lowest BCUT2D eigenvalue weighted by Crippen LogP contribution is -2.07. The van der Waals surface area contributed by atoms with Gasteiger partial charge in [-0.1, -0.05) is 6.07 Å². The van der Waals surface area contributed by atoms with Crippen molar-refractivity contribution >= 4 is 11.5 Å². The molecule has 1 atom stereocenters. The molecule has 0 aliphatic carbocycles. The highest BCUT2D eigenvalue weighted by atomic mass is 16.4. The van der Waals surface area contributed by atoms with E-state index in [0.717, 1.165) is 0 Å². The molecule has 0 saturated carbocycles. The van der Waals surface area contributed by atoms with Crippen molar-refractivity contribution in [3.63, 3.8) is 0 Å². The highest BCUT2D eigenvalue weighted by molar-refractivity contribution is 5.93. The minimum absolute atomic E-state index is 0.0243. The number of aliphatic hydroxyl groups is 1. The summed E-state index contributed by atoms with van der Waals surface area (Å²) in [6.45, 7) is 1.64. The van der Waals surface area contributed by atoms with Gasteiger partial charge in [-0.05, 0) is 19.1 Å². The fourth-order valence-electron chi connectivity index (χ4n) is 1.67. The van der Waals surface area contributed by atoms with Gasteiger partial charge in [0.15, 0.2) is 5.69 Å². The third kappa shape index (κ3) is 1.77. The SMILES string of the molecule is CC(O)Cc1nc(C(=O)O)c2ccccn12. The summed E-state index contributed by atoms with van der Waals surface area (Å²) in [6.07, 6.45) is 1.53. The van der Waals surface area contributed by atoms with Crippen molar-refractivity contribution in [1.29, 1.82) is 0 Å². The quantitative estimate of drug-likeness (QED) is 0.807. The van der Waals surface area contributed by atoms with Crippen LogP contribution in [-0.2, 0) is 6.42 Å². The van der Waals surface area contributed by atoms with E-state index in [1.807, 2.05) is 0 Å². The molecule has 84 valence electrons. The van der Waals surface area contributed by atoms with Crippen LogP contribution < -0.4 is 0 Å². The third-order valence-corrected chi connectivity index (χ3v) is 2.30. The zero-order valence-corrected chi connectivity index (χ0v) is 8.79. The number of carbonyl (C=O) groups is 1. The molecule has 2 aromatic heterocycles. The molecule has 0 radical (unpaired) electrons. The van der Waals surface area contributed by atoms with Crippen LogP contribution in [0.5, 0.6) is 0 Å². The Labute approximate surface area is 92.0 Å². The monoisotopic (exact) mass is 220 g/mol. The standard InChI is InChI=1S/C11H12N2O3/c1-7(14)6-9-12-10(11(15)16)8-4-2-3-5-13(8)9/h2-5,7,14H,6H2,1H3,(H,15,16). The van der Waals surface area contributed by atoms with Crippen molar-refractivity contribution < 1.29 is 15.0 Å². The van der Waals surface area contributed by atoms with E-state index in [1.54, 1.807) is 35.7 Å². The number of carboxylic acids is 1. The van der Waals surface area contributed by atoms with Gasteiger partial charge in [-0.3, -0.25) is 0 Å². The summed E-state index contributed by atoms with van der Waals surface area (Å²) >= 11 is 0. The Hall–Kier alpha value is -1.88. The number of aromatic nitrogens is 2. The molecule has 0 fully saturated rings. The number of rotatable bonds is 3. The zero-order valence-electron chi connectivity index (χ0n) is 8.79. The first kappa shape index (κ1) is 10.6. The van der Waals surface area contributed by atoms with Crippen molar-refractivity contribution in [3.8, 4) is 0 Å². The summed E-state index contributed by atoms with van der Waals surface area (Å²) in [5.41, 5.74) is 0.571. The molecular formula is C11H12N2O3. The van der Waals surface area contributed by atoms with Crippen molar-refractivity contribution in [2.45, 2.75) is 19.4 Å². The van der Waals surface area contributed by atoms with Crippen LogP contribution in [0.4, 0.5) is 0 Å². The Morgan fingerprint density at radius 3 is 2.94 bits per heavy atom. The summed E-state index contributed by atoms with van der Waals surface area (Å²) in [4.78, 5) is 15.0. The second-order valence-corrected chi connectivity index (χ2v) is 3.69. The number of hydrogen-bond acceptors (Lipinski definition) is 3. The number of nitrogens with zero attached hydrogens (tertiary/aromatic N) is 2. The van der Waals surface area contributed by atoms with Crippen LogP contribution in [0, 0.1) is 0 Å². The predicted octanol–water partition coefficient (Wildman–Crippen LogP) is 0.956. The van der Waals surface area contributed by atoms with Crippen LogP contribution in [0.25, 0.3) is 5.52 Å². The van der Waals surface area contributed by atoms with Crippen molar-refractivity contribution in [2.24, 2.45) is 0 Å². The van der Waals surface area contributed by atoms with Gasteiger partial charge in [0.25, 0.3) is 0 Å². The highest BCUT2D eigenvalue weighted by Crippen LogP contribution is 2.14. The first-order valence-electron chi connectivity index (χ1n) is 4.97. The summed E-state index contributed by atoms with van der Waals surface area (Å²) in [7, 11) is 0. The zero-order chi connectivity index (χ0) is 11.7. The average Bonchev–Trinajstić information content (AvgIpc) is 2.57. The van der Waals surface area contributed by atoms with Crippen LogP contribution >= 0.6 is 0 Å². The van der Waals surface area contributed by atoms with E-state index >= 15 is 0 Å². The normalized spacial score (nSPS) is 12.9. The summed E-state index contributed by atoms with van der Waals surface area (Å²) in [5, 5.41) is 18.3. The first-order chi connectivity index (χ1) is 7.59. The van der Waals surface area contributed by atoms with E-state index < -0.39 is 12.1 Å². The Morgan fingerprint density at radius 2 is 2.31 bits per heavy atom. The molecule has 0 aliphatic heterocycles. The molecule has 5 nitrogen and oxygen atoms in total. The number of aliphatic hydroxyl groups excluding tert-OH is 1. The smallest absolute Gasteiger partial charge is 0.356 e. The lowest BCUT2D eigenvalue weighted by atomic mass is 10.3. The van der Waals surface area contributed by atoms with Gasteiger partial charge in [-0.25, -0.2) is 9.78 Å². The van der Waals surface area contributed by atoms with Crippen LogP contribution in [0.1, 0.15) is 23.2 Å². The number of hydrogen-bond donors (Lipinski definition) is 2. The number of pyridine rings is 1. The lowest BCUT2D eigenvalue weighted by Gasteiger charge is -2.02. The van der Waals surface area contributed by atoms with Gasteiger partial charge in [0.2, 0.25) is 0 Å². The highest BCUT2D eigenvalue weighted by Gasteiger charge is 2.16. The summed E-state index contributed by atoms with van der Waals surface area (Å²) < 4.78 is 1.69. The molecule has 0 aliphatic rings. The lowest BCUT2D eigenvalue weighted by molar-refractivity contribution is 0.0693. The largest absolute Gasteiger partial charge is 0.476 e. The number of aromatic carboxylic acids is 1. The molecule has 16 heavy (non-hydrogen) atoms. The molecule has 0 aromatic carbocycles. The number of fused-ring (bicyclic) bond motifs is 1. The van der Waals surface area contributed by atoms with Gasteiger partial charge >= 0.3 is 5.97 Å². The fraction of sp³-hybridized carbons (Fsp3) is 0.273. The Morgan fingerprint density at radius 1 is 1.56 bits per heavy atom. The van der Waals surface area contributed by atoms with Crippen LogP contribution in [-0.4, -0.2) is 31.7 Å². The van der Waals surface area contributed by atoms with E-state index in [4.69, 9.17) is 5.11 Å². The molecule has 2 N–H and O–H groups in total. The van der Waals surface area contributed by atoms with Gasteiger partial charge in [0.1, 0.15) is 5.82 Å². The van der Waals surface area contributed by atoms with Crippen LogP contribution in [0.2, 0.25) is 0 Å². The minimum Gasteiger partial charge on any atom is -0.476 e. The van der Waals surface area contributed by atoms with E-state index in [9.17, 15) is 9.90 Å². The van der Waals surface area contributed by atoms with E-state index in [0.29, 0.717) is 17.8 Å². The third-order valence-electron chi connectivity index (χ3n) is 2.30. The number of carboxylic acid groups (broad SMARTS) is 1. The Bertz CT molecular complexity index is 531. The second kappa shape index (κ2) is 3.94. The maximum Gasteiger partial charge on any atom is 0.356 e. The molecule has 0 amide bonds. The first-order valence-corrected chi connectivity index (χ1v) is 4.97. The molecule has 1 unspecified atom stereocenters. The van der Waals surface area contributed by atoms with Crippen LogP contribution in [0.3, 0.4) is 0 Å². The molecule has 2 rings (SSSR count). The topological polar surface area (TPSA) is 74.8 Å². The minimum atomic E-state index is -1.06. The average molecular weight is 220 g/mol. The molecule has 0 bridgehead atoms. The summed E-state index contributed by atoms with van der Waals surface area (Å²) in [6, 6.07) is 5.25. The molecular weight excluding hydrogens is 208 g/mol. The molecule has 2 heterocycles. The van der Waals surface area contributed by atoms with Crippen molar-refractivity contribution in [2.75, 3.05) is 0 Å². The maximum atomic E-state index is 11.0. The van der Waals surface area contributed by atoms with Gasteiger partial charge in [-0.2, -0.15) is 0 Å². The van der Waals surface area contributed by atoms with Gasteiger partial charge in [0, 0.05) is 12.6 Å². The van der Waals surface area contributed by atoms with Gasteiger partial charge in [-0.15, -0.1) is 0 Å². The van der Waals surface area contributed by atoms with Gasteiger partial charge < -0.3 is 14.6 Å². The predicted molar refractivity (Wildman–Crippen MR) is 57.5 cm³/mol. The Kier molecular flexibility index (Phi) is 2.62. The fourth-order valence-corrected chi connectivity index (χ4v) is 1.67. The van der Waals surface area contributed by atoms with Crippen molar-refractivity contribution in [1.82, 2.24) is 9.38 Å². The van der Waals surface area contributed by atoms with Crippen LogP contribution in [0.15, 0.2) is 24.4 Å². The van der Waals surface area contributed by atoms with Crippen molar-refractivity contribution in [3.05, 3.63) is 35.9 Å². The molecule has 5 heteroatoms. The van der Waals surface area contributed by atoms with E-state index in [-0.39, 0.29) is 5.69 Å². The van der Waals surface area contributed by atoms with E-state index in [1.165, 1.54) is 0 Å². The maximum absolute atomic E-state index is 11.0. The Balaban J connectivity index is 2.62. The second-order valence-electron chi connectivity index (χ2n) is 3.69. The van der Waals surface area contributed by atoms with Gasteiger partial charge in [0.05, 0.1) is 11.6 Å².